The van der Waals surface area contributed by atoms with Crippen molar-refractivity contribution in [1.82, 2.24) is 9.47 Å². The highest BCUT2D eigenvalue weighted by molar-refractivity contribution is 7.89. The van der Waals surface area contributed by atoms with Crippen molar-refractivity contribution in [1.29, 1.82) is 0 Å². The molecule has 2 aromatic rings. The van der Waals surface area contributed by atoms with Crippen LogP contribution in [0, 0.1) is 25.7 Å². The Labute approximate surface area is 167 Å². The Morgan fingerprint density at radius 1 is 1.11 bits per heavy atom. The number of carbonyl (C=O) groups excluding carboxylic acids is 1. The highest BCUT2D eigenvalue weighted by Crippen LogP contribution is 2.24. The molecule has 1 aliphatic rings. The molecule has 2 atom stereocenters. The molecule has 1 aromatic heterocycles. The van der Waals surface area contributed by atoms with Crippen LogP contribution < -0.4 is 5.14 Å². The SMILES string of the molecule is Cc1cc(C(=O)CN2C[C@@H](C)C[C@H](C)C2)c(C)n1-c1ccc(S(N)(=O)=O)cc1. The molecule has 1 saturated heterocycles. The molecule has 1 aliphatic heterocycles. The number of aryl methyl sites for hydroxylation is 1. The second-order valence-corrected chi connectivity index (χ2v) is 9.78. The number of primary sulfonamides is 1. The monoisotopic (exact) mass is 403 g/mol. The van der Waals surface area contributed by atoms with Crippen LogP contribution >= 0.6 is 0 Å². The first kappa shape index (κ1) is 20.8. The predicted molar refractivity (Wildman–Crippen MR) is 110 cm³/mol. The topological polar surface area (TPSA) is 85.4 Å². The van der Waals surface area contributed by atoms with Crippen LogP contribution in [0.25, 0.3) is 5.69 Å². The lowest BCUT2D eigenvalue weighted by Gasteiger charge is -2.34. The minimum atomic E-state index is -3.72. The van der Waals surface area contributed by atoms with Crippen molar-refractivity contribution >= 4 is 15.8 Å². The summed E-state index contributed by atoms with van der Waals surface area (Å²) >= 11 is 0. The van der Waals surface area contributed by atoms with Crippen molar-refractivity contribution in [3.8, 4) is 5.69 Å². The molecule has 1 fully saturated rings. The summed E-state index contributed by atoms with van der Waals surface area (Å²) in [6.07, 6.45) is 1.22. The van der Waals surface area contributed by atoms with Crippen molar-refractivity contribution in [2.45, 2.75) is 39.0 Å². The number of aromatic nitrogens is 1. The van der Waals surface area contributed by atoms with Crippen LogP contribution in [-0.4, -0.2) is 43.3 Å². The molecule has 0 radical (unpaired) electrons. The Balaban J connectivity index is 1.84. The molecule has 1 aromatic carbocycles. The van der Waals surface area contributed by atoms with Crippen molar-refractivity contribution in [3.63, 3.8) is 0 Å². The summed E-state index contributed by atoms with van der Waals surface area (Å²) in [4.78, 5) is 15.3. The van der Waals surface area contributed by atoms with Gasteiger partial charge in [-0.1, -0.05) is 13.8 Å². The second-order valence-electron chi connectivity index (χ2n) is 8.22. The fourth-order valence-electron chi connectivity index (χ4n) is 4.44. The number of likely N-dealkylation sites (tertiary alicyclic amines) is 1. The lowest BCUT2D eigenvalue weighted by molar-refractivity contribution is 0.0849. The minimum Gasteiger partial charge on any atom is -0.318 e. The molecule has 7 heteroatoms. The van der Waals surface area contributed by atoms with Crippen molar-refractivity contribution in [3.05, 3.63) is 47.3 Å². The van der Waals surface area contributed by atoms with Crippen LogP contribution in [-0.2, 0) is 10.0 Å². The van der Waals surface area contributed by atoms with Gasteiger partial charge >= 0.3 is 0 Å². The summed E-state index contributed by atoms with van der Waals surface area (Å²) in [6, 6.07) is 8.31. The largest absolute Gasteiger partial charge is 0.318 e. The number of carbonyl (C=O) groups is 1. The number of nitrogens with zero attached hydrogens (tertiary/aromatic N) is 2. The van der Waals surface area contributed by atoms with E-state index in [0.29, 0.717) is 18.4 Å². The molecule has 0 bridgehead atoms. The average molecular weight is 404 g/mol. The molecular weight excluding hydrogens is 374 g/mol. The van der Waals surface area contributed by atoms with Crippen molar-refractivity contribution in [2.24, 2.45) is 17.0 Å². The van der Waals surface area contributed by atoms with Crippen LogP contribution in [0.4, 0.5) is 0 Å². The number of ketones is 1. The van der Waals surface area contributed by atoms with Gasteiger partial charge in [0.1, 0.15) is 0 Å². The summed E-state index contributed by atoms with van der Waals surface area (Å²) in [7, 11) is -3.72. The Bertz CT molecular complexity index is 967. The Hall–Kier alpha value is -1.96. The summed E-state index contributed by atoms with van der Waals surface area (Å²) in [6.45, 7) is 10.7. The van der Waals surface area contributed by atoms with Gasteiger partial charge in [-0.3, -0.25) is 9.69 Å². The third-order valence-corrected chi connectivity index (χ3v) is 6.40. The molecular formula is C21H29N3O3S. The number of hydrogen-bond donors (Lipinski definition) is 1. The lowest BCUT2D eigenvalue weighted by Crippen LogP contribution is -2.41. The molecule has 0 saturated carbocycles. The number of Topliss-reactive ketones (excluding diaryl/α,β-unsaturated/α-hetero) is 1. The normalized spacial score (nSPS) is 21.0. The van der Waals surface area contributed by atoms with E-state index in [9.17, 15) is 13.2 Å². The molecule has 2 N–H and O–H groups in total. The van der Waals surface area contributed by atoms with Crippen LogP contribution in [0.2, 0.25) is 0 Å². The Morgan fingerprint density at radius 3 is 2.21 bits per heavy atom. The van der Waals surface area contributed by atoms with E-state index in [1.54, 1.807) is 12.1 Å². The zero-order chi connectivity index (χ0) is 20.6. The van der Waals surface area contributed by atoms with E-state index in [1.165, 1.54) is 18.6 Å². The molecule has 0 amide bonds. The summed E-state index contributed by atoms with van der Waals surface area (Å²) in [5.74, 6) is 1.35. The molecule has 3 rings (SSSR count). The minimum absolute atomic E-state index is 0.0725. The first-order valence-corrected chi connectivity index (χ1v) is 11.2. The number of hydrogen-bond acceptors (Lipinski definition) is 4. The van der Waals surface area contributed by atoms with E-state index in [2.05, 4.69) is 18.7 Å². The smallest absolute Gasteiger partial charge is 0.238 e. The van der Waals surface area contributed by atoms with Gasteiger partial charge in [-0.2, -0.15) is 0 Å². The van der Waals surface area contributed by atoms with Crippen LogP contribution in [0.1, 0.15) is 42.0 Å². The van der Waals surface area contributed by atoms with E-state index in [0.717, 1.165) is 35.7 Å². The number of nitrogens with two attached hydrogens (primary N) is 1. The van der Waals surface area contributed by atoms with E-state index < -0.39 is 10.0 Å². The van der Waals surface area contributed by atoms with Crippen molar-refractivity contribution in [2.75, 3.05) is 19.6 Å². The number of benzene rings is 1. The molecule has 2 heterocycles. The molecule has 0 spiro atoms. The second kappa shape index (κ2) is 7.81. The van der Waals surface area contributed by atoms with E-state index in [4.69, 9.17) is 5.14 Å². The quantitative estimate of drug-likeness (QED) is 0.778. The summed E-state index contributed by atoms with van der Waals surface area (Å²) in [5, 5.41) is 5.17. The Morgan fingerprint density at radius 2 is 1.68 bits per heavy atom. The highest BCUT2D eigenvalue weighted by atomic mass is 32.2. The third kappa shape index (κ3) is 4.37. The van der Waals surface area contributed by atoms with Gasteiger partial charge in [-0.15, -0.1) is 0 Å². The van der Waals surface area contributed by atoms with Gasteiger partial charge in [0.05, 0.1) is 11.4 Å². The molecule has 28 heavy (non-hydrogen) atoms. The maximum atomic E-state index is 13.0. The molecule has 152 valence electrons. The zero-order valence-electron chi connectivity index (χ0n) is 17.0. The molecule has 0 unspecified atom stereocenters. The standard InChI is InChI=1S/C21H29N3O3S/c1-14-9-15(2)12-23(11-14)13-21(25)20-10-16(3)24(17(20)4)18-5-7-19(8-6-18)28(22,26)27/h5-8,10,14-15H,9,11-13H2,1-4H3,(H2,22,26,27)/t14-,15-/m0/s1. The van der Waals surface area contributed by atoms with Crippen LogP contribution in [0.5, 0.6) is 0 Å². The number of piperidine rings is 1. The van der Waals surface area contributed by atoms with Gasteiger partial charge in [-0.05, 0) is 62.4 Å². The number of rotatable bonds is 5. The van der Waals surface area contributed by atoms with Gasteiger partial charge in [0.25, 0.3) is 0 Å². The maximum Gasteiger partial charge on any atom is 0.238 e. The lowest BCUT2D eigenvalue weighted by atomic mass is 9.91. The van der Waals surface area contributed by atoms with Crippen LogP contribution in [0.15, 0.2) is 35.2 Å². The Kier molecular flexibility index (Phi) is 5.79. The van der Waals surface area contributed by atoms with E-state index in [1.807, 2.05) is 24.5 Å². The van der Waals surface area contributed by atoms with Gasteiger partial charge in [0, 0.05) is 35.7 Å². The maximum absolute atomic E-state index is 13.0. The molecule has 6 nitrogen and oxygen atoms in total. The fourth-order valence-corrected chi connectivity index (χ4v) is 4.95. The van der Waals surface area contributed by atoms with Crippen LogP contribution in [0.3, 0.4) is 0 Å². The number of sulfonamides is 1. The summed E-state index contributed by atoms with van der Waals surface area (Å²) < 4.78 is 24.9. The third-order valence-electron chi connectivity index (χ3n) is 5.47. The predicted octanol–water partition coefficient (Wildman–Crippen LogP) is 2.90. The summed E-state index contributed by atoms with van der Waals surface area (Å²) in [5.41, 5.74) is 3.33. The first-order chi connectivity index (χ1) is 13.1. The fraction of sp³-hybridized carbons (Fsp3) is 0.476. The van der Waals surface area contributed by atoms with Crippen molar-refractivity contribution < 1.29 is 13.2 Å². The first-order valence-electron chi connectivity index (χ1n) is 9.64. The average Bonchev–Trinajstić information content (AvgIpc) is 2.88. The highest BCUT2D eigenvalue weighted by Gasteiger charge is 2.25. The van der Waals surface area contributed by atoms with Gasteiger partial charge in [-0.25, -0.2) is 13.6 Å². The van der Waals surface area contributed by atoms with E-state index >= 15 is 0 Å². The zero-order valence-corrected chi connectivity index (χ0v) is 17.8. The van der Waals surface area contributed by atoms with Gasteiger partial charge in [0.2, 0.25) is 10.0 Å². The molecule has 0 aliphatic carbocycles. The van der Waals surface area contributed by atoms with Gasteiger partial charge < -0.3 is 4.57 Å². The van der Waals surface area contributed by atoms with E-state index in [-0.39, 0.29) is 10.7 Å². The van der Waals surface area contributed by atoms with Gasteiger partial charge in [0.15, 0.2) is 5.78 Å².